The highest BCUT2D eigenvalue weighted by Crippen LogP contribution is 2.31. The molecule has 0 saturated carbocycles. The fraction of sp³-hybridized carbons (Fsp3) is 0.429. The minimum absolute atomic E-state index is 0.197. The summed E-state index contributed by atoms with van der Waals surface area (Å²) in [6.07, 6.45) is 6.84. The molecule has 1 aromatic rings. The van der Waals surface area contributed by atoms with E-state index in [2.05, 4.69) is 18.2 Å². The first-order chi connectivity index (χ1) is 7.81. The SMILES string of the molecule is COc1ccccc1C1=CC(N)CCCC1. The summed E-state index contributed by atoms with van der Waals surface area (Å²) < 4.78 is 5.39. The van der Waals surface area contributed by atoms with Gasteiger partial charge in [-0.3, -0.25) is 0 Å². The molecule has 0 amide bonds. The Hall–Kier alpha value is -1.28. The van der Waals surface area contributed by atoms with E-state index >= 15 is 0 Å². The molecule has 0 radical (unpaired) electrons. The van der Waals surface area contributed by atoms with Crippen molar-refractivity contribution in [1.29, 1.82) is 0 Å². The first kappa shape index (κ1) is 11.2. The number of hydrogen-bond acceptors (Lipinski definition) is 2. The number of ether oxygens (including phenoxy) is 1. The molecule has 0 heterocycles. The third kappa shape index (κ3) is 2.45. The van der Waals surface area contributed by atoms with Gasteiger partial charge in [-0.05, 0) is 30.9 Å². The molecule has 0 saturated heterocycles. The maximum atomic E-state index is 6.04. The lowest BCUT2D eigenvalue weighted by Crippen LogP contribution is -2.15. The van der Waals surface area contributed by atoms with E-state index in [4.69, 9.17) is 10.5 Å². The second-order valence-electron chi connectivity index (χ2n) is 4.30. The van der Waals surface area contributed by atoms with Gasteiger partial charge in [0.2, 0.25) is 0 Å². The highest BCUT2D eigenvalue weighted by Gasteiger charge is 2.12. The highest BCUT2D eigenvalue weighted by molar-refractivity contribution is 5.71. The fourth-order valence-corrected chi connectivity index (χ4v) is 2.25. The predicted molar refractivity (Wildman–Crippen MR) is 67.4 cm³/mol. The second-order valence-corrected chi connectivity index (χ2v) is 4.30. The predicted octanol–water partition coefficient (Wildman–Crippen LogP) is 2.98. The molecule has 0 fully saturated rings. The third-order valence-corrected chi connectivity index (χ3v) is 3.10. The Morgan fingerprint density at radius 1 is 1.25 bits per heavy atom. The molecule has 1 unspecified atom stereocenters. The van der Waals surface area contributed by atoms with Crippen LogP contribution >= 0.6 is 0 Å². The maximum absolute atomic E-state index is 6.04. The molecule has 2 nitrogen and oxygen atoms in total. The lowest BCUT2D eigenvalue weighted by Gasteiger charge is -2.11. The summed E-state index contributed by atoms with van der Waals surface area (Å²) in [7, 11) is 1.72. The van der Waals surface area contributed by atoms with E-state index in [1.807, 2.05) is 12.1 Å². The molecule has 0 aliphatic heterocycles. The Labute approximate surface area is 97.1 Å². The van der Waals surface area contributed by atoms with E-state index in [0.717, 1.165) is 18.6 Å². The van der Waals surface area contributed by atoms with Crippen molar-refractivity contribution in [1.82, 2.24) is 0 Å². The van der Waals surface area contributed by atoms with Gasteiger partial charge in [0, 0.05) is 11.6 Å². The molecule has 1 atom stereocenters. The van der Waals surface area contributed by atoms with Crippen LogP contribution in [0.3, 0.4) is 0 Å². The topological polar surface area (TPSA) is 35.2 Å². The van der Waals surface area contributed by atoms with Crippen molar-refractivity contribution in [3.05, 3.63) is 35.9 Å². The van der Waals surface area contributed by atoms with Gasteiger partial charge >= 0.3 is 0 Å². The average Bonchev–Trinajstić information content (AvgIpc) is 2.54. The minimum atomic E-state index is 0.197. The van der Waals surface area contributed by atoms with Gasteiger partial charge in [0.05, 0.1) is 7.11 Å². The van der Waals surface area contributed by atoms with Crippen molar-refractivity contribution in [2.45, 2.75) is 31.7 Å². The molecule has 2 heteroatoms. The van der Waals surface area contributed by atoms with Crippen LogP contribution in [0.25, 0.3) is 5.57 Å². The summed E-state index contributed by atoms with van der Waals surface area (Å²) in [6, 6.07) is 8.37. The number of nitrogens with two attached hydrogens (primary N) is 1. The Morgan fingerprint density at radius 3 is 2.88 bits per heavy atom. The molecular formula is C14H19NO. The molecule has 0 bridgehead atoms. The van der Waals surface area contributed by atoms with Gasteiger partial charge in [0.25, 0.3) is 0 Å². The van der Waals surface area contributed by atoms with E-state index in [1.54, 1.807) is 7.11 Å². The smallest absolute Gasteiger partial charge is 0.126 e. The Bertz CT molecular complexity index is 384. The monoisotopic (exact) mass is 217 g/mol. The van der Waals surface area contributed by atoms with E-state index in [9.17, 15) is 0 Å². The Kier molecular flexibility index (Phi) is 3.62. The first-order valence-electron chi connectivity index (χ1n) is 5.91. The van der Waals surface area contributed by atoms with Crippen molar-refractivity contribution in [3.63, 3.8) is 0 Å². The zero-order valence-electron chi connectivity index (χ0n) is 9.78. The standard InChI is InChI=1S/C14H19NO/c1-16-14-9-5-4-8-13(14)11-6-2-3-7-12(15)10-11/h4-5,8-10,12H,2-3,6-7,15H2,1H3. The van der Waals surface area contributed by atoms with Crippen LogP contribution in [0, 0.1) is 0 Å². The quantitative estimate of drug-likeness (QED) is 0.826. The number of hydrogen-bond donors (Lipinski definition) is 1. The van der Waals surface area contributed by atoms with Crippen molar-refractivity contribution >= 4 is 5.57 Å². The highest BCUT2D eigenvalue weighted by atomic mass is 16.5. The van der Waals surface area contributed by atoms with Crippen molar-refractivity contribution in [2.75, 3.05) is 7.11 Å². The Balaban J connectivity index is 2.34. The lowest BCUT2D eigenvalue weighted by molar-refractivity contribution is 0.413. The van der Waals surface area contributed by atoms with Crippen molar-refractivity contribution in [2.24, 2.45) is 5.73 Å². The van der Waals surface area contributed by atoms with E-state index < -0.39 is 0 Å². The van der Waals surface area contributed by atoms with E-state index in [1.165, 1.54) is 24.0 Å². The molecule has 1 aliphatic rings. The molecule has 2 N–H and O–H groups in total. The summed E-state index contributed by atoms with van der Waals surface area (Å²) >= 11 is 0. The first-order valence-corrected chi connectivity index (χ1v) is 5.91. The van der Waals surface area contributed by atoms with Gasteiger partial charge in [0.1, 0.15) is 5.75 Å². The molecule has 2 rings (SSSR count). The van der Waals surface area contributed by atoms with Crippen LogP contribution in [0.1, 0.15) is 31.2 Å². The third-order valence-electron chi connectivity index (χ3n) is 3.10. The molecule has 0 spiro atoms. The molecule has 16 heavy (non-hydrogen) atoms. The van der Waals surface area contributed by atoms with Crippen LogP contribution in [0.4, 0.5) is 0 Å². The maximum Gasteiger partial charge on any atom is 0.126 e. The van der Waals surface area contributed by atoms with Crippen LogP contribution < -0.4 is 10.5 Å². The fourth-order valence-electron chi connectivity index (χ4n) is 2.25. The van der Waals surface area contributed by atoms with Gasteiger partial charge < -0.3 is 10.5 Å². The summed E-state index contributed by atoms with van der Waals surface area (Å²) in [5.41, 5.74) is 8.57. The van der Waals surface area contributed by atoms with Crippen LogP contribution in [0.15, 0.2) is 30.3 Å². The van der Waals surface area contributed by atoms with Crippen molar-refractivity contribution < 1.29 is 4.74 Å². The number of allylic oxidation sites excluding steroid dienone is 1. The number of rotatable bonds is 2. The Morgan fingerprint density at radius 2 is 2.06 bits per heavy atom. The number of methoxy groups -OCH3 is 1. The van der Waals surface area contributed by atoms with Gasteiger partial charge in [-0.2, -0.15) is 0 Å². The van der Waals surface area contributed by atoms with Crippen LogP contribution in [-0.4, -0.2) is 13.2 Å². The zero-order chi connectivity index (χ0) is 11.4. The summed E-state index contributed by atoms with van der Waals surface area (Å²) in [6.45, 7) is 0. The average molecular weight is 217 g/mol. The van der Waals surface area contributed by atoms with Gasteiger partial charge in [-0.1, -0.05) is 30.7 Å². The minimum Gasteiger partial charge on any atom is -0.496 e. The summed E-state index contributed by atoms with van der Waals surface area (Å²) in [5.74, 6) is 0.947. The largest absolute Gasteiger partial charge is 0.496 e. The van der Waals surface area contributed by atoms with Gasteiger partial charge in [-0.15, -0.1) is 0 Å². The van der Waals surface area contributed by atoms with Crippen LogP contribution in [-0.2, 0) is 0 Å². The number of para-hydroxylation sites is 1. The summed E-state index contributed by atoms with van der Waals surface area (Å²) in [4.78, 5) is 0. The number of benzene rings is 1. The molecular weight excluding hydrogens is 198 g/mol. The second kappa shape index (κ2) is 5.17. The van der Waals surface area contributed by atoms with E-state index in [0.29, 0.717) is 0 Å². The molecule has 1 aromatic carbocycles. The zero-order valence-corrected chi connectivity index (χ0v) is 9.78. The van der Waals surface area contributed by atoms with Crippen molar-refractivity contribution in [3.8, 4) is 5.75 Å². The van der Waals surface area contributed by atoms with Gasteiger partial charge in [0.15, 0.2) is 0 Å². The molecule has 1 aliphatic carbocycles. The van der Waals surface area contributed by atoms with Gasteiger partial charge in [-0.25, -0.2) is 0 Å². The van der Waals surface area contributed by atoms with Crippen LogP contribution in [0.2, 0.25) is 0 Å². The van der Waals surface area contributed by atoms with E-state index in [-0.39, 0.29) is 6.04 Å². The molecule has 0 aromatic heterocycles. The van der Waals surface area contributed by atoms with Crippen LogP contribution in [0.5, 0.6) is 5.75 Å². The molecule has 86 valence electrons. The summed E-state index contributed by atoms with van der Waals surface area (Å²) in [5, 5.41) is 0. The normalized spacial score (nSPS) is 21.1. The lowest BCUT2D eigenvalue weighted by atomic mass is 10.00.